The second-order valence-electron chi connectivity index (χ2n) is 6.46. The van der Waals surface area contributed by atoms with Crippen molar-refractivity contribution in [2.45, 2.75) is 36.7 Å². The minimum absolute atomic E-state index is 0.0444. The molecule has 1 aliphatic rings. The third-order valence-electron chi connectivity index (χ3n) is 4.32. The van der Waals surface area contributed by atoms with E-state index in [-0.39, 0.29) is 18.8 Å². The van der Waals surface area contributed by atoms with Crippen molar-refractivity contribution in [2.75, 3.05) is 12.4 Å². The Labute approximate surface area is 179 Å². The molecule has 1 fully saturated rings. The number of aliphatic hydroxyl groups is 1. The molecule has 0 bridgehead atoms. The fraction of sp³-hybridized carbons (Fsp3) is 0.389. The Balaban J connectivity index is 1.52. The van der Waals surface area contributed by atoms with Gasteiger partial charge in [0.05, 0.1) is 21.9 Å². The molecule has 1 aromatic carbocycles. The summed E-state index contributed by atoms with van der Waals surface area (Å²) in [6.07, 6.45) is -0.957. The van der Waals surface area contributed by atoms with Gasteiger partial charge < -0.3 is 14.6 Å². The molecule has 8 nitrogen and oxygen atoms in total. The summed E-state index contributed by atoms with van der Waals surface area (Å²) in [5.74, 6) is -0.444. The number of rotatable bonds is 6. The number of nitrogens with zero attached hydrogens (tertiary/aromatic N) is 1. The van der Waals surface area contributed by atoms with E-state index in [2.05, 4.69) is 4.98 Å². The summed E-state index contributed by atoms with van der Waals surface area (Å²) >= 11 is 13.0. The van der Waals surface area contributed by atoms with Crippen LogP contribution in [0.1, 0.15) is 18.2 Å². The fourth-order valence-electron chi connectivity index (χ4n) is 2.76. The van der Waals surface area contributed by atoms with Gasteiger partial charge in [0.1, 0.15) is 18.9 Å². The van der Waals surface area contributed by atoms with Gasteiger partial charge in [0.25, 0.3) is 5.56 Å². The molecule has 1 saturated heterocycles. The highest BCUT2D eigenvalue weighted by molar-refractivity contribution is 8.00. The number of aliphatic hydroxyl groups excluding tert-OH is 1. The van der Waals surface area contributed by atoms with Gasteiger partial charge in [-0.3, -0.25) is 19.1 Å². The lowest BCUT2D eigenvalue weighted by atomic mass is 10.2. The molecule has 1 aliphatic heterocycles. The third-order valence-corrected chi connectivity index (χ3v) is 6.02. The smallest absolute Gasteiger partial charge is 0.330 e. The second kappa shape index (κ2) is 9.36. The number of carbonyl (C=O) groups excluding carboxylic acids is 1. The minimum atomic E-state index is -0.922. The third kappa shape index (κ3) is 5.43. The molecule has 29 heavy (non-hydrogen) atoms. The van der Waals surface area contributed by atoms with Crippen molar-refractivity contribution < 1.29 is 19.4 Å². The van der Waals surface area contributed by atoms with E-state index in [1.54, 1.807) is 25.1 Å². The Morgan fingerprint density at radius 3 is 2.86 bits per heavy atom. The van der Waals surface area contributed by atoms with Crippen LogP contribution in [-0.4, -0.2) is 45.2 Å². The summed E-state index contributed by atoms with van der Waals surface area (Å²) < 4.78 is 12.0. The number of aryl methyl sites for hydroxylation is 1. The molecule has 3 rings (SSSR count). The van der Waals surface area contributed by atoms with Crippen molar-refractivity contribution in [3.05, 3.63) is 60.8 Å². The molecule has 0 saturated carbocycles. The van der Waals surface area contributed by atoms with Crippen LogP contribution in [0.3, 0.4) is 0 Å². The van der Waals surface area contributed by atoms with Gasteiger partial charge in [0.2, 0.25) is 0 Å². The lowest BCUT2D eigenvalue weighted by Crippen LogP contribution is -2.33. The second-order valence-corrected chi connectivity index (χ2v) is 8.32. The Hall–Kier alpha value is -1.78. The van der Waals surface area contributed by atoms with Crippen LogP contribution >= 0.6 is 35.0 Å². The number of H-pyrrole nitrogens is 1. The van der Waals surface area contributed by atoms with Crippen LogP contribution in [0.4, 0.5) is 0 Å². The molecule has 156 valence electrons. The van der Waals surface area contributed by atoms with Gasteiger partial charge in [-0.2, -0.15) is 0 Å². The molecular formula is C18H18Cl2N2O6S. The van der Waals surface area contributed by atoms with Crippen molar-refractivity contribution >= 4 is 40.9 Å². The molecule has 0 radical (unpaired) electrons. The first kappa shape index (κ1) is 21.9. The van der Waals surface area contributed by atoms with E-state index in [0.29, 0.717) is 15.6 Å². The lowest BCUT2D eigenvalue weighted by Gasteiger charge is -2.16. The number of halogens is 2. The van der Waals surface area contributed by atoms with Crippen LogP contribution in [0.25, 0.3) is 0 Å². The molecule has 3 atom stereocenters. The Morgan fingerprint density at radius 2 is 2.14 bits per heavy atom. The van der Waals surface area contributed by atoms with Gasteiger partial charge >= 0.3 is 11.7 Å². The van der Waals surface area contributed by atoms with Gasteiger partial charge in [0.15, 0.2) is 0 Å². The number of thioether (sulfide) groups is 1. The Kier molecular flexibility index (Phi) is 7.07. The number of ether oxygens (including phenoxy) is 2. The molecule has 0 aliphatic carbocycles. The van der Waals surface area contributed by atoms with Crippen molar-refractivity contribution in [2.24, 2.45) is 0 Å². The van der Waals surface area contributed by atoms with Crippen LogP contribution in [0.15, 0.2) is 38.9 Å². The minimum Gasteiger partial charge on any atom is -0.462 e. The molecule has 0 spiro atoms. The highest BCUT2D eigenvalue weighted by Crippen LogP contribution is 2.29. The summed E-state index contributed by atoms with van der Waals surface area (Å²) in [6.45, 7) is 1.40. The average Bonchev–Trinajstić information content (AvgIpc) is 3.04. The van der Waals surface area contributed by atoms with E-state index >= 15 is 0 Å². The van der Waals surface area contributed by atoms with E-state index in [1.165, 1.54) is 22.5 Å². The number of carbonyl (C=O) groups is 1. The van der Waals surface area contributed by atoms with E-state index in [9.17, 15) is 19.5 Å². The summed E-state index contributed by atoms with van der Waals surface area (Å²) in [4.78, 5) is 38.4. The maximum absolute atomic E-state index is 12.0. The average molecular weight is 461 g/mol. The lowest BCUT2D eigenvalue weighted by molar-refractivity contribution is -0.147. The summed E-state index contributed by atoms with van der Waals surface area (Å²) in [6, 6.07) is 5.03. The van der Waals surface area contributed by atoms with Crippen LogP contribution < -0.4 is 11.2 Å². The zero-order chi connectivity index (χ0) is 21.1. The van der Waals surface area contributed by atoms with Crippen molar-refractivity contribution in [3.63, 3.8) is 0 Å². The van der Waals surface area contributed by atoms with Gasteiger partial charge in [-0.05, 0) is 25.1 Å². The molecule has 2 aromatic rings. The van der Waals surface area contributed by atoms with Crippen LogP contribution in [-0.2, 0) is 14.3 Å². The number of esters is 1. The molecule has 2 heterocycles. The summed E-state index contributed by atoms with van der Waals surface area (Å²) in [5, 5.41) is 11.0. The van der Waals surface area contributed by atoms with E-state index < -0.39 is 35.7 Å². The molecule has 0 amide bonds. The highest BCUT2D eigenvalue weighted by atomic mass is 35.5. The van der Waals surface area contributed by atoms with Gasteiger partial charge in [-0.1, -0.05) is 23.2 Å². The van der Waals surface area contributed by atoms with E-state index in [1.807, 2.05) is 0 Å². The van der Waals surface area contributed by atoms with E-state index in [4.69, 9.17) is 32.7 Å². The number of hydrogen-bond donors (Lipinski definition) is 2. The molecular weight excluding hydrogens is 443 g/mol. The number of benzene rings is 1. The summed E-state index contributed by atoms with van der Waals surface area (Å²) in [5.41, 5.74) is -0.764. The normalized spacial score (nSPS) is 21.3. The molecule has 3 unspecified atom stereocenters. The predicted octanol–water partition coefficient (Wildman–Crippen LogP) is 2.14. The SMILES string of the molecule is Cc1cn(C2CC(O)C(COC(=O)CSc3ccc(Cl)c(Cl)c3)O2)c(=O)[nH]c1=O. The molecule has 11 heteroatoms. The predicted molar refractivity (Wildman–Crippen MR) is 109 cm³/mol. The highest BCUT2D eigenvalue weighted by Gasteiger charge is 2.36. The zero-order valence-electron chi connectivity index (χ0n) is 15.3. The first-order valence-corrected chi connectivity index (χ1v) is 10.4. The van der Waals surface area contributed by atoms with Crippen LogP contribution in [0, 0.1) is 6.92 Å². The quantitative estimate of drug-likeness (QED) is 0.501. The number of aromatic amines is 1. The zero-order valence-corrected chi connectivity index (χ0v) is 17.6. The first-order valence-electron chi connectivity index (χ1n) is 8.63. The van der Waals surface area contributed by atoms with Crippen molar-refractivity contribution in [1.29, 1.82) is 0 Å². The Morgan fingerprint density at radius 1 is 1.38 bits per heavy atom. The largest absolute Gasteiger partial charge is 0.462 e. The van der Waals surface area contributed by atoms with Gasteiger partial charge in [-0.25, -0.2) is 4.79 Å². The first-order chi connectivity index (χ1) is 13.7. The molecule has 2 N–H and O–H groups in total. The monoisotopic (exact) mass is 460 g/mol. The maximum atomic E-state index is 12.0. The fourth-order valence-corrected chi connectivity index (χ4v) is 3.86. The number of hydrogen-bond acceptors (Lipinski definition) is 7. The van der Waals surface area contributed by atoms with E-state index in [0.717, 1.165) is 4.90 Å². The Bertz CT molecular complexity index is 1020. The van der Waals surface area contributed by atoms with Gasteiger partial charge in [-0.15, -0.1) is 11.8 Å². The van der Waals surface area contributed by atoms with Crippen LogP contribution in [0.2, 0.25) is 10.0 Å². The maximum Gasteiger partial charge on any atom is 0.330 e. The van der Waals surface area contributed by atoms with Crippen LogP contribution in [0.5, 0.6) is 0 Å². The standard InChI is InChI=1S/C18H18Cl2N2O6S/c1-9-6-22(18(26)21-17(9)25)15-5-13(23)14(28-15)7-27-16(24)8-29-10-2-3-11(19)12(20)4-10/h2-4,6,13-15,23H,5,7-8H2,1H3,(H,21,25,26). The summed E-state index contributed by atoms with van der Waals surface area (Å²) in [7, 11) is 0. The van der Waals surface area contributed by atoms with Gasteiger partial charge in [0, 0.05) is 23.1 Å². The molecule has 1 aromatic heterocycles. The van der Waals surface area contributed by atoms with Crippen molar-refractivity contribution in [1.82, 2.24) is 9.55 Å². The topological polar surface area (TPSA) is 111 Å². The number of nitrogens with one attached hydrogen (secondary N) is 1. The number of aromatic nitrogens is 2. The van der Waals surface area contributed by atoms with Crippen molar-refractivity contribution in [3.8, 4) is 0 Å².